The molecule has 0 saturated carbocycles. The van der Waals surface area contributed by atoms with Crippen LogP contribution >= 0.6 is 0 Å². The predicted molar refractivity (Wildman–Crippen MR) is 81.3 cm³/mol. The molecular weight excluding hydrogens is 284 g/mol. The molecule has 0 bridgehead atoms. The van der Waals surface area contributed by atoms with Crippen molar-refractivity contribution < 1.29 is 14.7 Å². The molecule has 3 heterocycles. The van der Waals surface area contributed by atoms with Crippen LogP contribution in [0.25, 0.3) is 0 Å². The number of aliphatic hydroxyl groups is 1. The molecule has 3 N–H and O–H groups in total. The monoisotopic (exact) mass is 310 g/mol. The van der Waals surface area contributed by atoms with Gasteiger partial charge in [0.2, 0.25) is 0 Å². The average molecular weight is 310 g/mol. The third-order valence-corrected chi connectivity index (χ3v) is 5.27. The van der Waals surface area contributed by atoms with E-state index in [-0.39, 0.29) is 18.5 Å². The van der Waals surface area contributed by atoms with Crippen LogP contribution in [0.3, 0.4) is 0 Å². The van der Waals surface area contributed by atoms with Gasteiger partial charge in [-0.2, -0.15) is 0 Å². The Balaban J connectivity index is 1.61. The van der Waals surface area contributed by atoms with Crippen LogP contribution in [-0.2, 0) is 4.79 Å². The fourth-order valence-corrected chi connectivity index (χ4v) is 3.80. The van der Waals surface area contributed by atoms with Gasteiger partial charge >= 0.3 is 6.03 Å². The predicted octanol–water partition coefficient (Wildman–Crippen LogP) is -0.635. The van der Waals surface area contributed by atoms with Crippen molar-refractivity contribution in [3.8, 4) is 0 Å². The normalized spacial score (nSPS) is 26.7. The zero-order valence-electron chi connectivity index (χ0n) is 13.0. The maximum atomic E-state index is 12.8. The van der Waals surface area contributed by atoms with Gasteiger partial charge < -0.3 is 20.6 Å². The molecule has 7 nitrogen and oxygen atoms in total. The van der Waals surface area contributed by atoms with E-state index in [2.05, 4.69) is 15.5 Å². The number of β-amino-alcohol motifs (C(OH)–C–C–N with tert-alkyl or cyclic N) is 1. The second-order valence-corrected chi connectivity index (χ2v) is 6.69. The summed E-state index contributed by atoms with van der Waals surface area (Å²) in [6.07, 6.45) is 3.32. The van der Waals surface area contributed by atoms with Gasteiger partial charge in [-0.05, 0) is 44.7 Å². The summed E-state index contributed by atoms with van der Waals surface area (Å²) in [6, 6.07) is -0.223. The van der Waals surface area contributed by atoms with E-state index >= 15 is 0 Å². The number of carbonyl (C=O) groups excluding carboxylic acids is 2. The first-order valence-electron chi connectivity index (χ1n) is 8.33. The van der Waals surface area contributed by atoms with Crippen molar-refractivity contribution in [2.45, 2.75) is 31.2 Å². The Kier molecular flexibility index (Phi) is 4.65. The van der Waals surface area contributed by atoms with Gasteiger partial charge in [0, 0.05) is 26.2 Å². The lowest BCUT2D eigenvalue weighted by molar-refractivity contribution is -0.133. The van der Waals surface area contributed by atoms with Gasteiger partial charge in [0.15, 0.2) is 0 Å². The Hall–Kier alpha value is -1.18. The zero-order chi connectivity index (χ0) is 15.6. The maximum absolute atomic E-state index is 12.8. The molecule has 0 aromatic carbocycles. The van der Waals surface area contributed by atoms with E-state index in [1.54, 1.807) is 0 Å². The van der Waals surface area contributed by atoms with Gasteiger partial charge in [0.25, 0.3) is 5.91 Å². The fourth-order valence-electron chi connectivity index (χ4n) is 3.80. The van der Waals surface area contributed by atoms with Crippen molar-refractivity contribution >= 4 is 11.9 Å². The van der Waals surface area contributed by atoms with E-state index in [1.807, 2.05) is 0 Å². The van der Waals surface area contributed by atoms with Gasteiger partial charge in [-0.1, -0.05) is 0 Å². The number of piperidine rings is 2. The number of hydrogen-bond acceptors (Lipinski definition) is 5. The second-order valence-electron chi connectivity index (χ2n) is 6.69. The summed E-state index contributed by atoms with van der Waals surface area (Å²) in [4.78, 5) is 28.6. The standard InChI is InChI=1S/C15H26N4O3/c20-10-9-18-7-3-15(4-8-18)13(21)19(14(22)17-15)11-12-1-5-16-6-2-12/h12,16,20H,1-11H2,(H,17,22). The lowest BCUT2D eigenvalue weighted by Crippen LogP contribution is -2.55. The van der Waals surface area contributed by atoms with Gasteiger partial charge in [-0.15, -0.1) is 0 Å². The largest absolute Gasteiger partial charge is 0.395 e. The fraction of sp³-hybridized carbons (Fsp3) is 0.867. The molecule has 3 aliphatic rings. The molecule has 0 atom stereocenters. The average Bonchev–Trinajstić information content (AvgIpc) is 2.76. The minimum atomic E-state index is -0.698. The Morgan fingerprint density at radius 1 is 1.18 bits per heavy atom. The summed E-state index contributed by atoms with van der Waals surface area (Å²) < 4.78 is 0. The minimum Gasteiger partial charge on any atom is -0.395 e. The summed E-state index contributed by atoms with van der Waals surface area (Å²) in [5, 5.41) is 15.3. The number of nitrogens with one attached hydrogen (secondary N) is 2. The van der Waals surface area contributed by atoms with Gasteiger partial charge in [0.05, 0.1) is 6.61 Å². The van der Waals surface area contributed by atoms with E-state index in [0.29, 0.717) is 31.8 Å². The molecule has 7 heteroatoms. The van der Waals surface area contributed by atoms with Gasteiger partial charge in [0.1, 0.15) is 5.54 Å². The number of carbonyl (C=O) groups is 2. The molecule has 3 fully saturated rings. The summed E-state index contributed by atoms with van der Waals surface area (Å²) in [5.41, 5.74) is -0.698. The number of hydrogen-bond donors (Lipinski definition) is 3. The van der Waals surface area contributed by atoms with E-state index in [0.717, 1.165) is 39.0 Å². The summed E-state index contributed by atoms with van der Waals surface area (Å²) >= 11 is 0. The van der Waals surface area contributed by atoms with E-state index in [9.17, 15) is 9.59 Å². The first kappa shape index (κ1) is 15.7. The second kappa shape index (κ2) is 6.52. The maximum Gasteiger partial charge on any atom is 0.325 e. The summed E-state index contributed by atoms with van der Waals surface area (Å²) in [7, 11) is 0. The minimum absolute atomic E-state index is 0.0420. The molecule has 3 saturated heterocycles. The van der Waals surface area contributed by atoms with E-state index in [1.165, 1.54) is 4.90 Å². The summed E-state index contributed by atoms with van der Waals surface area (Å²) in [5.74, 6) is 0.375. The van der Waals surface area contributed by atoms with Crippen molar-refractivity contribution in [2.75, 3.05) is 45.9 Å². The molecule has 0 radical (unpaired) electrons. The quantitative estimate of drug-likeness (QED) is 0.602. The first-order chi connectivity index (χ1) is 10.6. The Morgan fingerprint density at radius 3 is 2.50 bits per heavy atom. The highest BCUT2D eigenvalue weighted by atomic mass is 16.3. The number of nitrogens with zero attached hydrogens (tertiary/aromatic N) is 2. The third kappa shape index (κ3) is 2.98. The molecule has 1 spiro atoms. The highest BCUT2D eigenvalue weighted by Crippen LogP contribution is 2.30. The van der Waals surface area contributed by atoms with Crippen LogP contribution in [0, 0.1) is 5.92 Å². The molecule has 124 valence electrons. The van der Waals surface area contributed by atoms with Crippen molar-refractivity contribution in [1.82, 2.24) is 20.4 Å². The third-order valence-electron chi connectivity index (χ3n) is 5.27. The molecule has 0 aromatic heterocycles. The molecule has 0 aromatic rings. The topological polar surface area (TPSA) is 84.9 Å². The molecular formula is C15H26N4O3. The Bertz CT molecular complexity index is 429. The highest BCUT2D eigenvalue weighted by Gasteiger charge is 2.52. The van der Waals surface area contributed by atoms with Crippen LogP contribution in [0.15, 0.2) is 0 Å². The van der Waals surface area contributed by atoms with Crippen LogP contribution in [0.1, 0.15) is 25.7 Å². The molecule has 0 unspecified atom stereocenters. The molecule has 3 amide bonds. The van der Waals surface area contributed by atoms with Crippen molar-refractivity contribution in [1.29, 1.82) is 0 Å². The zero-order valence-corrected chi connectivity index (χ0v) is 13.0. The number of imide groups is 1. The van der Waals surface area contributed by atoms with Crippen LogP contribution in [0.2, 0.25) is 0 Å². The summed E-state index contributed by atoms with van der Waals surface area (Å²) in [6.45, 7) is 4.74. The van der Waals surface area contributed by atoms with Crippen LogP contribution < -0.4 is 10.6 Å². The van der Waals surface area contributed by atoms with Crippen molar-refractivity contribution in [2.24, 2.45) is 5.92 Å². The smallest absolute Gasteiger partial charge is 0.325 e. The van der Waals surface area contributed by atoms with E-state index < -0.39 is 5.54 Å². The first-order valence-corrected chi connectivity index (χ1v) is 8.33. The molecule has 22 heavy (non-hydrogen) atoms. The number of amides is 3. The lowest BCUT2D eigenvalue weighted by Gasteiger charge is -2.37. The number of aliphatic hydroxyl groups excluding tert-OH is 1. The Morgan fingerprint density at radius 2 is 1.86 bits per heavy atom. The van der Waals surface area contributed by atoms with E-state index in [4.69, 9.17) is 5.11 Å². The van der Waals surface area contributed by atoms with Crippen molar-refractivity contribution in [3.63, 3.8) is 0 Å². The lowest BCUT2D eigenvalue weighted by atomic mass is 9.87. The SMILES string of the molecule is O=C1NC2(CCN(CCO)CC2)C(=O)N1CC1CCNCC1. The molecule has 0 aliphatic carbocycles. The number of likely N-dealkylation sites (tertiary alicyclic amines) is 1. The van der Waals surface area contributed by atoms with Crippen molar-refractivity contribution in [3.05, 3.63) is 0 Å². The van der Waals surface area contributed by atoms with Gasteiger partial charge in [-0.3, -0.25) is 9.69 Å². The van der Waals surface area contributed by atoms with Gasteiger partial charge in [-0.25, -0.2) is 4.79 Å². The molecule has 3 aliphatic heterocycles. The number of urea groups is 1. The highest BCUT2D eigenvalue weighted by molar-refractivity contribution is 6.07. The van der Waals surface area contributed by atoms with Crippen LogP contribution in [0.5, 0.6) is 0 Å². The van der Waals surface area contributed by atoms with Crippen LogP contribution in [-0.4, -0.2) is 78.3 Å². The molecule has 3 rings (SSSR count). The Labute approximate surface area is 131 Å². The van der Waals surface area contributed by atoms with Crippen LogP contribution in [0.4, 0.5) is 4.79 Å². The number of rotatable bonds is 4.